The van der Waals surface area contributed by atoms with Crippen molar-refractivity contribution in [3.63, 3.8) is 0 Å². The first-order valence-corrected chi connectivity index (χ1v) is 5.90. The molecule has 94 valence electrons. The van der Waals surface area contributed by atoms with Gasteiger partial charge in [0, 0.05) is 0 Å². The fraction of sp³-hybridized carbons (Fsp3) is 0.200. The number of hydrogen-bond donors (Lipinski definition) is 2. The van der Waals surface area contributed by atoms with E-state index in [1.54, 1.807) is 6.07 Å². The molecule has 3 heteroatoms. The van der Waals surface area contributed by atoms with Gasteiger partial charge in [-0.1, -0.05) is 35.9 Å². The average molecular weight is 244 g/mol. The third-order valence-corrected chi connectivity index (χ3v) is 3.09. The lowest BCUT2D eigenvalue weighted by Crippen LogP contribution is -2.29. The van der Waals surface area contributed by atoms with Gasteiger partial charge in [0.2, 0.25) is 0 Å². The van der Waals surface area contributed by atoms with Crippen molar-refractivity contribution < 1.29 is 4.39 Å². The number of rotatable bonds is 3. The van der Waals surface area contributed by atoms with Gasteiger partial charge in [0.05, 0.1) is 6.04 Å². The average Bonchev–Trinajstić information content (AvgIpc) is 2.35. The first kappa shape index (κ1) is 12.7. The number of benzene rings is 2. The van der Waals surface area contributed by atoms with Crippen LogP contribution in [0.3, 0.4) is 0 Å². The van der Waals surface area contributed by atoms with E-state index in [0.717, 1.165) is 22.3 Å². The molecule has 0 fully saturated rings. The Morgan fingerprint density at radius 2 is 1.89 bits per heavy atom. The van der Waals surface area contributed by atoms with Crippen molar-refractivity contribution in [2.45, 2.75) is 19.9 Å². The number of hydrazine groups is 1. The molecule has 0 amide bonds. The monoisotopic (exact) mass is 244 g/mol. The minimum Gasteiger partial charge on any atom is -0.271 e. The third kappa shape index (κ3) is 2.58. The maximum absolute atomic E-state index is 13.4. The van der Waals surface area contributed by atoms with Crippen LogP contribution in [-0.2, 0) is 0 Å². The number of nitrogens with one attached hydrogen (secondary N) is 1. The molecule has 0 saturated heterocycles. The summed E-state index contributed by atoms with van der Waals surface area (Å²) in [7, 11) is 0. The van der Waals surface area contributed by atoms with Gasteiger partial charge < -0.3 is 0 Å². The van der Waals surface area contributed by atoms with Crippen LogP contribution in [0.1, 0.15) is 28.3 Å². The Hall–Kier alpha value is -1.71. The van der Waals surface area contributed by atoms with Crippen LogP contribution in [0.4, 0.5) is 4.39 Å². The molecule has 0 aliphatic rings. The van der Waals surface area contributed by atoms with Gasteiger partial charge in [0.1, 0.15) is 5.82 Å². The second-order valence-corrected chi connectivity index (χ2v) is 4.51. The predicted octanol–water partition coefficient (Wildman–Crippen LogP) is 3.00. The van der Waals surface area contributed by atoms with Gasteiger partial charge in [-0.2, -0.15) is 0 Å². The Labute approximate surface area is 107 Å². The smallest absolute Gasteiger partial charge is 0.123 e. The SMILES string of the molecule is Cc1cccc(C(NN)c2cc(F)ccc2C)c1. The highest BCUT2D eigenvalue weighted by molar-refractivity contribution is 5.38. The van der Waals surface area contributed by atoms with Crippen LogP contribution in [0.5, 0.6) is 0 Å². The summed E-state index contributed by atoms with van der Waals surface area (Å²) in [4.78, 5) is 0. The van der Waals surface area contributed by atoms with E-state index < -0.39 is 0 Å². The highest BCUT2D eigenvalue weighted by Gasteiger charge is 2.15. The van der Waals surface area contributed by atoms with Crippen LogP contribution >= 0.6 is 0 Å². The molecule has 3 N–H and O–H groups in total. The van der Waals surface area contributed by atoms with Gasteiger partial charge in [0.15, 0.2) is 0 Å². The van der Waals surface area contributed by atoms with Crippen LogP contribution in [0, 0.1) is 19.7 Å². The molecule has 0 saturated carbocycles. The molecule has 18 heavy (non-hydrogen) atoms. The van der Waals surface area contributed by atoms with Crippen molar-refractivity contribution in [3.8, 4) is 0 Å². The molecule has 0 aliphatic heterocycles. The molecule has 0 aliphatic carbocycles. The predicted molar refractivity (Wildman–Crippen MR) is 71.5 cm³/mol. The summed E-state index contributed by atoms with van der Waals surface area (Å²) in [6, 6.07) is 12.6. The molecule has 1 unspecified atom stereocenters. The van der Waals surface area contributed by atoms with Crippen molar-refractivity contribution in [1.29, 1.82) is 0 Å². The normalized spacial score (nSPS) is 12.4. The second-order valence-electron chi connectivity index (χ2n) is 4.51. The fourth-order valence-electron chi connectivity index (χ4n) is 2.14. The van der Waals surface area contributed by atoms with Crippen LogP contribution in [0.15, 0.2) is 42.5 Å². The van der Waals surface area contributed by atoms with E-state index in [1.165, 1.54) is 12.1 Å². The number of hydrogen-bond acceptors (Lipinski definition) is 2. The molecule has 0 heterocycles. The lowest BCUT2D eigenvalue weighted by Gasteiger charge is -2.19. The topological polar surface area (TPSA) is 38.0 Å². The van der Waals surface area contributed by atoms with Crippen molar-refractivity contribution in [2.75, 3.05) is 0 Å². The first-order chi connectivity index (χ1) is 8.61. The standard InChI is InChI=1S/C15H17FN2/c1-10-4-3-5-12(8-10)15(18-17)14-9-13(16)7-6-11(14)2/h3-9,15,18H,17H2,1-2H3. The minimum absolute atomic E-state index is 0.194. The Kier molecular flexibility index (Phi) is 3.75. The number of nitrogens with two attached hydrogens (primary N) is 1. The highest BCUT2D eigenvalue weighted by Crippen LogP contribution is 2.25. The molecule has 0 bridgehead atoms. The molecule has 2 aromatic carbocycles. The van der Waals surface area contributed by atoms with E-state index in [4.69, 9.17) is 5.84 Å². The summed E-state index contributed by atoms with van der Waals surface area (Å²) in [5.41, 5.74) is 6.83. The molecule has 2 rings (SSSR count). The zero-order valence-electron chi connectivity index (χ0n) is 10.6. The van der Waals surface area contributed by atoms with Gasteiger partial charge >= 0.3 is 0 Å². The Bertz CT molecular complexity index is 552. The Morgan fingerprint density at radius 1 is 1.11 bits per heavy atom. The molecule has 1 atom stereocenters. The summed E-state index contributed by atoms with van der Waals surface area (Å²) >= 11 is 0. The Balaban J connectivity index is 2.48. The van der Waals surface area contributed by atoms with Crippen molar-refractivity contribution in [1.82, 2.24) is 5.43 Å². The molecular formula is C15H17FN2. The third-order valence-electron chi connectivity index (χ3n) is 3.09. The zero-order valence-corrected chi connectivity index (χ0v) is 10.6. The van der Waals surface area contributed by atoms with Crippen LogP contribution in [0.25, 0.3) is 0 Å². The highest BCUT2D eigenvalue weighted by atomic mass is 19.1. The lowest BCUT2D eigenvalue weighted by molar-refractivity contribution is 0.602. The summed E-state index contributed by atoms with van der Waals surface area (Å²) in [6.45, 7) is 3.98. The molecule has 2 aromatic rings. The molecule has 0 radical (unpaired) electrons. The quantitative estimate of drug-likeness (QED) is 0.643. The van der Waals surface area contributed by atoms with E-state index in [9.17, 15) is 4.39 Å². The van der Waals surface area contributed by atoms with E-state index in [-0.39, 0.29) is 11.9 Å². The maximum Gasteiger partial charge on any atom is 0.123 e. The van der Waals surface area contributed by atoms with Gasteiger partial charge in [-0.15, -0.1) is 0 Å². The van der Waals surface area contributed by atoms with Gasteiger partial charge in [0.25, 0.3) is 0 Å². The first-order valence-electron chi connectivity index (χ1n) is 5.90. The Morgan fingerprint density at radius 3 is 2.56 bits per heavy atom. The molecular weight excluding hydrogens is 227 g/mol. The van der Waals surface area contributed by atoms with Crippen LogP contribution in [-0.4, -0.2) is 0 Å². The van der Waals surface area contributed by atoms with Gasteiger partial charge in [-0.3, -0.25) is 5.84 Å². The van der Waals surface area contributed by atoms with Crippen molar-refractivity contribution in [3.05, 3.63) is 70.5 Å². The molecule has 0 aromatic heterocycles. The number of halogens is 1. The van der Waals surface area contributed by atoms with E-state index in [1.807, 2.05) is 32.0 Å². The molecule has 2 nitrogen and oxygen atoms in total. The molecule has 0 spiro atoms. The second kappa shape index (κ2) is 5.29. The van der Waals surface area contributed by atoms with Gasteiger partial charge in [-0.05, 0) is 42.7 Å². The summed E-state index contributed by atoms with van der Waals surface area (Å²) in [5, 5.41) is 0. The van der Waals surface area contributed by atoms with E-state index in [2.05, 4.69) is 11.5 Å². The van der Waals surface area contributed by atoms with E-state index in [0.29, 0.717) is 0 Å². The minimum atomic E-state index is -0.247. The van der Waals surface area contributed by atoms with E-state index >= 15 is 0 Å². The largest absolute Gasteiger partial charge is 0.271 e. The van der Waals surface area contributed by atoms with Crippen molar-refractivity contribution >= 4 is 0 Å². The summed E-state index contributed by atoms with van der Waals surface area (Å²) in [5.74, 6) is 5.39. The zero-order chi connectivity index (χ0) is 13.1. The van der Waals surface area contributed by atoms with Crippen molar-refractivity contribution in [2.24, 2.45) is 5.84 Å². The van der Waals surface area contributed by atoms with Crippen LogP contribution < -0.4 is 11.3 Å². The fourth-order valence-corrected chi connectivity index (χ4v) is 2.14. The van der Waals surface area contributed by atoms with Crippen LogP contribution in [0.2, 0.25) is 0 Å². The maximum atomic E-state index is 13.4. The lowest BCUT2D eigenvalue weighted by atomic mass is 9.94. The summed E-state index contributed by atoms with van der Waals surface area (Å²) in [6.07, 6.45) is 0. The van der Waals surface area contributed by atoms with Gasteiger partial charge in [-0.25, -0.2) is 9.82 Å². The summed E-state index contributed by atoms with van der Waals surface area (Å²) < 4.78 is 13.4. The number of aryl methyl sites for hydroxylation is 2.